The van der Waals surface area contributed by atoms with Crippen molar-refractivity contribution < 1.29 is 17.9 Å². The Labute approximate surface area is 131 Å². The Balaban J connectivity index is 2.12. The Hall–Kier alpha value is -1.02. The molecule has 1 unspecified atom stereocenters. The van der Waals surface area contributed by atoms with Crippen LogP contribution in [0.2, 0.25) is 0 Å². The molecule has 0 saturated carbocycles. The number of aliphatic hydroxyl groups excluding tert-OH is 1. The van der Waals surface area contributed by atoms with Gasteiger partial charge in [-0.25, -0.2) is 12.8 Å². The summed E-state index contributed by atoms with van der Waals surface area (Å²) in [6, 6.07) is 3.94. The van der Waals surface area contributed by atoms with Gasteiger partial charge in [-0.2, -0.15) is 4.31 Å². The predicted octanol–water partition coefficient (Wildman–Crippen LogP) is 1.21. The van der Waals surface area contributed by atoms with Crippen LogP contribution in [0.3, 0.4) is 0 Å². The van der Waals surface area contributed by atoms with E-state index in [0.717, 1.165) is 12.5 Å². The van der Waals surface area contributed by atoms with Crippen LogP contribution in [-0.4, -0.2) is 61.6 Å². The molecule has 0 spiro atoms. The molecule has 5 nitrogen and oxygen atoms in total. The van der Waals surface area contributed by atoms with E-state index in [-0.39, 0.29) is 17.5 Å². The molecule has 1 aromatic carbocycles. The van der Waals surface area contributed by atoms with Crippen LogP contribution in [0.1, 0.15) is 18.9 Å². The van der Waals surface area contributed by atoms with Crippen LogP contribution in [0.4, 0.5) is 4.39 Å². The first-order valence-corrected chi connectivity index (χ1v) is 8.94. The average Bonchev–Trinajstić information content (AvgIpc) is 2.48. The summed E-state index contributed by atoms with van der Waals surface area (Å²) in [5, 5.41) is 9.33. The lowest BCUT2D eigenvalue weighted by atomic mass is 10.2. The van der Waals surface area contributed by atoms with Gasteiger partial charge in [-0.05, 0) is 37.1 Å². The van der Waals surface area contributed by atoms with E-state index in [2.05, 4.69) is 4.90 Å². The number of nitrogens with zero attached hydrogens (tertiary/aromatic N) is 2. The molecule has 0 aliphatic carbocycles. The quantitative estimate of drug-likeness (QED) is 0.882. The fourth-order valence-corrected chi connectivity index (χ4v) is 4.35. The molecule has 1 aliphatic heterocycles. The third kappa shape index (κ3) is 3.65. The van der Waals surface area contributed by atoms with Gasteiger partial charge in [0.05, 0.1) is 11.5 Å². The first-order valence-electron chi connectivity index (χ1n) is 7.50. The normalized spacial score (nSPS) is 19.3. The molecule has 0 amide bonds. The van der Waals surface area contributed by atoms with E-state index in [1.165, 1.54) is 16.4 Å². The van der Waals surface area contributed by atoms with E-state index in [1.807, 2.05) is 6.92 Å². The minimum absolute atomic E-state index is 0.00708. The monoisotopic (exact) mass is 330 g/mol. The summed E-state index contributed by atoms with van der Waals surface area (Å²) in [7, 11) is -3.67. The lowest BCUT2D eigenvalue weighted by Gasteiger charge is -2.37. The minimum Gasteiger partial charge on any atom is -0.395 e. The van der Waals surface area contributed by atoms with Crippen molar-refractivity contribution in [3.8, 4) is 0 Å². The summed E-state index contributed by atoms with van der Waals surface area (Å²) in [6.07, 6.45) is 0.826. The number of aryl methyl sites for hydroxylation is 1. The van der Waals surface area contributed by atoms with Gasteiger partial charge < -0.3 is 5.11 Å². The van der Waals surface area contributed by atoms with Gasteiger partial charge in [-0.1, -0.05) is 6.92 Å². The summed E-state index contributed by atoms with van der Waals surface area (Å²) in [5.41, 5.74) is 0.587. The van der Waals surface area contributed by atoms with Gasteiger partial charge in [0.15, 0.2) is 0 Å². The zero-order valence-electron chi connectivity index (χ0n) is 13.0. The van der Waals surface area contributed by atoms with Crippen LogP contribution in [-0.2, 0) is 10.0 Å². The highest BCUT2D eigenvalue weighted by atomic mass is 32.2. The van der Waals surface area contributed by atoms with Crippen molar-refractivity contribution in [2.75, 3.05) is 32.8 Å². The van der Waals surface area contributed by atoms with E-state index >= 15 is 0 Å². The van der Waals surface area contributed by atoms with Crippen LogP contribution in [0.25, 0.3) is 0 Å². The SMILES string of the molecule is CCC(CO)N1CCN(S(=O)(=O)c2cc(C)cc(F)c2)CC1. The van der Waals surface area contributed by atoms with Crippen LogP contribution in [0.15, 0.2) is 23.1 Å². The van der Waals surface area contributed by atoms with E-state index in [4.69, 9.17) is 0 Å². The number of aliphatic hydroxyl groups is 1. The molecule has 22 heavy (non-hydrogen) atoms. The lowest BCUT2D eigenvalue weighted by molar-refractivity contribution is 0.0881. The summed E-state index contributed by atoms with van der Waals surface area (Å²) < 4.78 is 40.1. The van der Waals surface area contributed by atoms with Crippen molar-refractivity contribution in [3.05, 3.63) is 29.6 Å². The number of hydrogen-bond donors (Lipinski definition) is 1. The molecule has 1 fully saturated rings. The smallest absolute Gasteiger partial charge is 0.243 e. The fraction of sp³-hybridized carbons (Fsp3) is 0.600. The lowest BCUT2D eigenvalue weighted by Crippen LogP contribution is -2.52. The number of sulfonamides is 1. The zero-order chi connectivity index (χ0) is 16.3. The standard InChI is InChI=1S/C15H23FN2O3S/c1-3-14(11-19)17-4-6-18(7-5-17)22(20,21)15-9-12(2)8-13(16)10-15/h8-10,14,19H,3-7,11H2,1-2H3. The Morgan fingerprint density at radius 3 is 2.36 bits per heavy atom. The molecule has 1 aliphatic rings. The van der Waals surface area contributed by atoms with E-state index in [1.54, 1.807) is 6.92 Å². The van der Waals surface area contributed by atoms with Gasteiger partial charge in [0.1, 0.15) is 5.82 Å². The molecule has 1 N–H and O–H groups in total. The van der Waals surface area contributed by atoms with E-state index < -0.39 is 15.8 Å². The summed E-state index contributed by atoms with van der Waals surface area (Å²) in [6.45, 7) is 5.61. The van der Waals surface area contributed by atoms with Crippen molar-refractivity contribution in [3.63, 3.8) is 0 Å². The van der Waals surface area contributed by atoms with Crippen molar-refractivity contribution in [1.82, 2.24) is 9.21 Å². The Morgan fingerprint density at radius 1 is 1.23 bits per heavy atom. The Kier molecular flexibility index (Phi) is 5.55. The Morgan fingerprint density at radius 2 is 1.86 bits per heavy atom. The molecule has 0 aromatic heterocycles. The van der Waals surface area contributed by atoms with Gasteiger partial charge >= 0.3 is 0 Å². The molecule has 1 aromatic rings. The van der Waals surface area contributed by atoms with E-state index in [9.17, 15) is 17.9 Å². The molecule has 0 radical (unpaired) electrons. The summed E-state index contributed by atoms with van der Waals surface area (Å²) >= 11 is 0. The molecule has 124 valence electrons. The molecule has 0 bridgehead atoms. The number of halogens is 1. The topological polar surface area (TPSA) is 60.9 Å². The first kappa shape index (κ1) is 17.3. The minimum atomic E-state index is -3.67. The molecular formula is C15H23FN2O3S. The molecule has 1 saturated heterocycles. The first-order chi connectivity index (χ1) is 10.4. The van der Waals surface area contributed by atoms with Crippen LogP contribution >= 0.6 is 0 Å². The largest absolute Gasteiger partial charge is 0.395 e. The van der Waals surface area contributed by atoms with Crippen LogP contribution in [0, 0.1) is 12.7 Å². The highest BCUT2D eigenvalue weighted by Crippen LogP contribution is 2.21. The highest BCUT2D eigenvalue weighted by molar-refractivity contribution is 7.89. The molecule has 1 atom stereocenters. The predicted molar refractivity (Wildman–Crippen MR) is 82.6 cm³/mol. The molecule has 7 heteroatoms. The van der Waals surface area contributed by atoms with Crippen LogP contribution < -0.4 is 0 Å². The van der Waals surface area contributed by atoms with Gasteiger partial charge in [-0.15, -0.1) is 0 Å². The maximum atomic E-state index is 13.5. The Bertz CT molecular complexity index is 589. The number of hydrogen-bond acceptors (Lipinski definition) is 4. The van der Waals surface area contributed by atoms with E-state index in [0.29, 0.717) is 31.7 Å². The second kappa shape index (κ2) is 7.04. The van der Waals surface area contributed by atoms with Gasteiger partial charge in [-0.3, -0.25) is 4.90 Å². The zero-order valence-corrected chi connectivity index (χ0v) is 13.8. The third-order valence-electron chi connectivity index (χ3n) is 4.13. The second-order valence-corrected chi connectivity index (χ2v) is 7.59. The fourth-order valence-electron chi connectivity index (χ4n) is 2.81. The number of benzene rings is 1. The molecular weight excluding hydrogens is 307 g/mol. The third-order valence-corrected chi connectivity index (χ3v) is 6.00. The van der Waals surface area contributed by atoms with Gasteiger partial charge in [0, 0.05) is 32.2 Å². The molecule has 1 heterocycles. The van der Waals surface area contributed by atoms with Crippen molar-refractivity contribution in [2.45, 2.75) is 31.2 Å². The maximum absolute atomic E-state index is 13.5. The van der Waals surface area contributed by atoms with Gasteiger partial charge in [0.2, 0.25) is 10.0 Å². The summed E-state index contributed by atoms with van der Waals surface area (Å²) in [4.78, 5) is 2.11. The summed E-state index contributed by atoms with van der Waals surface area (Å²) in [5.74, 6) is -0.538. The van der Waals surface area contributed by atoms with Crippen molar-refractivity contribution >= 4 is 10.0 Å². The van der Waals surface area contributed by atoms with Crippen molar-refractivity contribution in [1.29, 1.82) is 0 Å². The van der Waals surface area contributed by atoms with Crippen molar-refractivity contribution in [2.24, 2.45) is 0 Å². The molecule has 2 rings (SSSR count). The average molecular weight is 330 g/mol. The van der Waals surface area contributed by atoms with Gasteiger partial charge in [0.25, 0.3) is 0 Å². The second-order valence-electron chi connectivity index (χ2n) is 5.65. The number of piperazine rings is 1. The van der Waals surface area contributed by atoms with Crippen LogP contribution in [0.5, 0.6) is 0 Å². The maximum Gasteiger partial charge on any atom is 0.243 e. The highest BCUT2D eigenvalue weighted by Gasteiger charge is 2.30. The number of rotatable bonds is 5.